The van der Waals surface area contributed by atoms with Crippen LogP contribution >= 0.6 is 24.0 Å². The van der Waals surface area contributed by atoms with Gasteiger partial charge < -0.3 is 25.2 Å². The minimum Gasteiger partial charge on any atom is -0.385 e. The van der Waals surface area contributed by atoms with Crippen LogP contribution in [0.1, 0.15) is 18.0 Å². The highest BCUT2D eigenvalue weighted by Crippen LogP contribution is 2.15. The molecule has 8 nitrogen and oxygen atoms in total. The summed E-state index contributed by atoms with van der Waals surface area (Å²) in [5, 5.41) is 11.0. The van der Waals surface area contributed by atoms with Gasteiger partial charge >= 0.3 is 0 Å². The summed E-state index contributed by atoms with van der Waals surface area (Å²) in [5.41, 5.74) is 1.19. The van der Waals surface area contributed by atoms with Crippen molar-refractivity contribution in [3.05, 3.63) is 18.0 Å². The zero-order chi connectivity index (χ0) is 18.7. The Morgan fingerprint density at radius 3 is 2.58 bits per heavy atom. The lowest BCUT2D eigenvalue weighted by Gasteiger charge is -2.25. The van der Waals surface area contributed by atoms with Gasteiger partial charge in [-0.05, 0) is 27.6 Å². The molecule has 26 heavy (non-hydrogen) atoms. The second-order valence-corrected chi connectivity index (χ2v) is 6.46. The molecule has 1 aromatic rings. The molecule has 0 aliphatic heterocycles. The van der Waals surface area contributed by atoms with E-state index in [4.69, 9.17) is 4.74 Å². The van der Waals surface area contributed by atoms with E-state index in [0.717, 1.165) is 45.2 Å². The van der Waals surface area contributed by atoms with E-state index in [9.17, 15) is 0 Å². The maximum atomic E-state index is 5.08. The van der Waals surface area contributed by atoms with E-state index < -0.39 is 0 Å². The summed E-state index contributed by atoms with van der Waals surface area (Å²) in [6, 6.07) is 0.240. The van der Waals surface area contributed by atoms with Crippen LogP contribution in [0.25, 0.3) is 0 Å². The van der Waals surface area contributed by atoms with Gasteiger partial charge in [-0.2, -0.15) is 5.10 Å². The number of methoxy groups -OCH3 is 1. The molecule has 0 amide bonds. The Morgan fingerprint density at radius 1 is 1.31 bits per heavy atom. The van der Waals surface area contributed by atoms with Crippen LogP contribution in [0.3, 0.4) is 0 Å². The third-order valence-corrected chi connectivity index (χ3v) is 4.09. The maximum Gasteiger partial charge on any atom is 0.191 e. The molecule has 0 saturated carbocycles. The lowest BCUT2D eigenvalue weighted by molar-refractivity contribution is 0.180. The van der Waals surface area contributed by atoms with Crippen molar-refractivity contribution in [2.24, 2.45) is 12.0 Å². The van der Waals surface area contributed by atoms with Gasteiger partial charge in [0.2, 0.25) is 0 Å². The first-order chi connectivity index (χ1) is 12.0. The highest BCUT2D eigenvalue weighted by Gasteiger charge is 2.16. The fourth-order valence-electron chi connectivity index (χ4n) is 2.58. The molecule has 1 rings (SSSR count). The fraction of sp³-hybridized carbons (Fsp3) is 0.765. The molecule has 152 valence electrons. The van der Waals surface area contributed by atoms with Crippen molar-refractivity contribution in [1.29, 1.82) is 0 Å². The van der Waals surface area contributed by atoms with Crippen LogP contribution in [0.4, 0.5) is 0 Å². The molecule has 0 fully saturated rings. The Morgan fingerprint density at radius 2 is 2.04 bits per heavy atom. The molecule has 0 radical (unpaired) electrons. The van der Waals surface area contributed by atoms with Crippen molar-refractivity contribution in [2.75, 3.05) is 68.1 Å². The van der Waals surface area contributed by atoms with Crippen LogP contribution in [-0.4, -0.2) is 93.6 Å². The van der Waals surface area contributed by atoms with Crippen LogP contribution < -0.4 is 10.6 Å². The number of halogens is 1. The van der Waals surface area contributed by atoms with E-state index in [1.807, 2.05) is 17.9 Å². The molecule has 0 aliphatic rings. The van der Waals surface area contributed by atoms with Crippen molar-refractivity contribution < 1.29 is 4.74 Å². The fourth-order valence-corrected chi connectivity index (χ4v) is 2.58. The van der Waals surface area contributed by atoms with Gasteiger partial charge in [0.05, 0.1) is 12.2 Å². The van der Waals surface area contributed by atoms with E-state index in [0.29, 0.717) is 0 Å². The lowest BCUT2D eigenvalue weighted by atomic mass is 10.1. The summed E-state index contributed by atoms with van der Waals surface area (Å²) in [7, 11) is 11.7. The number of aliphatic imine (C=N–C) groups is 1. The molecule has 0 aliphatic carbocycles. The van der Waals surface area contributed by atoms with Crippen LogP contribution in [0.2, 0.25) is 0 Å². The standard InChI is InChI=1S/C17H35N7O.HI/c1-18-17(19-8-10-23(4)9-7-11-25-6)20-13-16(22(2)3)15-12-21-24(5)14-15;/h12,14,16H,7-11,13H2,1-6H3,(H2,18,19,20);1H. The van der Waals surface area contributed by atoms with E-state index in [2.05, 4.69) is 57.9 Å². The average Bonchev–Trinajstić information content (AvgIpc) is 2.99. The van der Waals surface area contributed by atoms with Gasteiger partial charge in [-0.3, -0.25) is 9.67 Å². The number of aromatic nitrogens is 2. The molecule has 1 aromatic heterocycles. The summed E-state index contributed by atoms with van der Waals surface area (Å²) in [6.07, 6.45) is 5.02. The second kappa shape index (κ2) is 14.2. The largest absolute Gasteiger partial charge is 0.385 e. The molecule has 0 spiro atoms. The number of nitrogens with zero attached hydrogens (tertiary/aromatic N) is 5. The smallest absolute Gasteiger partial charge is 0.191 e. The van der Waals surface area contributed by atoms with Crippen LogP contribution in [0.5, 0.6) is 0 Å². The molecule has 1 atom stereocenters. The van der Waals surface area contributed by atoms with E-state index in [1.54, 1.807) is 14.2 Å². The van der Waals surface area contributed by atoms with E-state index in [1.165, 1.54) is 5.56 Å². The summed E-state index contributed by atoms with van der Waals surface area (Å²) in [4.78, 5) is 8.78. The Bertz CT molecular complexity index is 507. The molecular formula is C17H36IN7O. The zero-order valence-corrected chi connectivity index (χ0v) is 19.4. The zero-order valence-electron chi connectivity index (χ0n) is 17.0. The summed E-state index contributed by atoms with van der Waals surface area (Å²) < 4.78 is 6.91. The van der Waals surface area contributed by atoms with E-state index in [-0.39, 0.29) is 30.0 Å². The van der Waals surface area contributed by atoms with Gasteiger partial charge in [0, 0.05) is 65.8 Å². The van der Waals surface area contributed by atoms with Gasteiger partial charge in [-0.15, -0.1) is 24.0 Å². The Labute approximate surface area is 175 Å². The van der Waals surface area contributed by atoms with Crippen molar-refractivity contribution in [3.8, 4) is 0 Å². The first kappa shape index (κ1) is 25.1. The summed E-state index contributed by atoms with van der Waals surface area (Å²) in [6.45, 7) is 4.42. The number of guanidine groups is 1. The predicted molar refractivity (Wildman–Crippen MR) is 118 cm³/mol. The topological polar surface area (TPSA) is 70.0 Å². The normalized spacial score (nSPS) is 13.0. The van der Waals surface area contributed by atoms with Crippen molar-refractivity contribution >= 4 is 29.9 Å². The molecule has 2 N–H and O–H groups in total. The molecule has 0 aromatic carbocycles. The first-order valence-corrected chi connectivity index (χ1v) is 8.75. The molecular weight excluding hydrogens is 445 g/mol. The summed E-state index contributed by atoms with van der Waals surface area (Å²) in [5.74, 6) is 0.820. The van der Waals surface area contributed by atoms with Gasteiger partial charge in [-0.1, -0.05) is 0 Å². The van der Waals surface area contributed by atoms with Crippen LogP contribution in [0.15, 0.2) is 17.4 Å². The minimum absolute atomic E-state index is 0. The Balaban J connectivity index is 0.00000625. The third-order valence-electron chi connectivity index (χ3n) is 4.09. The Kier molecular flexibility index (Phi) is 13.7. The maximum absolute atomic E-state index is 5.08. The predicted octanol–water partition coefficient (Wildman–Crippen LogP) is 0.774. The highest BCUT2D eigenvalue weighted by molar-refractivity contribution is 14.0. The Hall–Kier alpha value is -0.910. The SMILES string of the molecule is CN=C(NCCN(C)CCCOC)NCC(c1cnn(C)c1)N(C)C.I. The van der Waals surface area contributed by atoms with Gasteiger partial charge in [0.15, 0.2) is 5.96 Å². The van der Waals surface area contributed by atoms with Crippen LogP contribution in [0, 0.1) is 0 Å². The van der Waals surface area contributed by atoms with Gasteiger partial charge in [0.1, 0.15) is 0 Å². The minimum atomic E-state index is 0. The monoisotopic (exact) mass is 481 g/mol. The number of aryl methyl sites for hydroxylation is 1. The van der Waals surface area contributed by atoms with Crippen molar-refractivity contribution in [1.82, 2.24) is 30.2 Å². The molecule has 1 heterocycles. The van der Waals surface area contributed by atoms with Gasteiger partial charge in [0.25, 0.3) is 0 Å². The third kappa shape index (κ3) is 9.70. The summed E-state index contributed by atoms with van der Waals surface area (Å²) >= 11 is 0. The molecule has 1 unspecified atom stereocenters. The second-order valence-electron chi connectivity index (χ2n) is 6.46. The lowest BCUT2D eigenvalue weighted by Crippen LogP contribution is -2.44. The van der Waals surface area contributed by atoms with Crippen LogP contribution in [-0.2, 0) is 11.8 Å². The van der Waals surface area contributed by atoms with Gasteiger partial charge in [-0.25, -0.2) is 0 Å². The molecule has 0 saturated heterocycles. The first-order valence-electron chi connectivity index (χ1n) is 8.75. The average molecular weight is 481 g/mol. The van der Waals surface area contributed by atoms with E-state index >= 15 is 0 Å². The van der Waals surface area contributed by atoms with Crippen molar-refractivity contribution in [2.45, 2.75) is 12.5 Å². The number of nitrogens with one attached hydrogen (secondary N) is 2. The number of rotatable bonds is 11. The molecule has 0 bridgehead atoms. The molecule has 9 heteroatoms. The quantitative estimate of drug-likeness (QED) is 0.211. The highest BCUT2D eigenvalue weighted by atomic mass is 127. The number of hydrogen-bond acceptors (Lipinski definition) is 5. The number of hydrogen-bond donors (Lipinski definition) is 2. The number of likely N-dealkylation sites (N-methyl/N-ethyl adjacent to an activating group) is 2. The van der Waals surface area contributed by atoms with Crippen molar-refractivity contribution in [3.63, 3.8) is 0 Å². The number of ether oxygens (including phenoxy) is 1.